The number of Topliss-reactive ketones (excluding diaryl/α,β-unsaturated/α-hetero) is 1. The number of pyridine rings is 1. The van der Waals surface area contributed by atoms with Crippen molar-refractivity contribution in [3.05, 3.63) is 30.1 Å². The van der Waals surface area contributed by atoms with Crippen LogP contribution in [0.3, 0.4) is 0 Å². The number of carbonyl (C=O) groups is 1. The van der Waals surface area contributed by atoms with E-state index in [2.05, 4.69) is 4.98 Å². The second-order valence-corrected chi connectivity index (χ2v) is 5.01. The highest BCUT2D eigenvalue weighted by Gasteiger charge is 2.38. The topological polar surface area (TPSA) is 30.0 Å². The molecular weight excluding hydrogens is 236 g/mol. The molecule has 4 heteroatoms. The van der Waals surface area contributed by atoms with Crippen molar-refractivity contribution in [1.29, 1.82) is 0 Å². The molecule has 1 atom stereocenters. The van der Waals surface area contributed by atoms with Crippen LogP contribution in [0.2, 0.25) is 0 Å². The van der Waals surface area contributed by atoms with Crippen LogP contribution in [0.15, 0.2) is 24.4 Å². The fourth-order valence-electron chi connectivity index (χ4n) is 2.46. The molecule has 0 bridgehead atoms. The maximum absolute atomic E-state index is 13.0. The lowest BCUT2D eigenvalue weighted by molar-refractivity contribution is -0.128. The lowest BCUT2D eigenvalue weighted by Gasteiger charge is -2.28. The summed E-state index contributed by atoms with van der Waals surface area (Å²) in [6, 6.07) is 5.43. The van der Waals surface area contributed by atoms with Crippen molar-refractivity contribution in [1.82, 2.24) is 4.98 Å². The van der Waals surface area contributed by atoms with Crippen LogP contribution in [0, 0.1) is 5.92 Å². The number of nitrogens with zero attached hydrogens (tertiary/aromatic N) is 1. The smallest absolute Gasteiger partial charge is 0.248 e. The zero-order chi connectivity index (χ0) is 13.2. The Balaban J connectivity index is 2.00. The standard InChI is InChI=1S/C14H17F2NO/c1-10(12-4-2-3-9-17-12)13(18)11-5-7-14(15,16)8-6-11/h2-4,9-11H,5-8H2,1H3. The molecule has 1 fully saturated rings. The lowest BCUT2D eigenvalue weighted by atomic mass is 9.80. The van der Waals surface area contributed by atoms with E-state index in [9.17, 15) is 13.6 Å². The number of ketones is 1. The number of carbonyl (C=O) groups excluding carboxylic acids is 1. The molecular formula is C14H17F2NO. The van der Waals surface area contributed by atoms with Gasteiger partial charge < -0.3 is 0 Å². The van der Waals surface area contributed by atoms with Gasteiger partial charge in [0.25, 0.3) is 0 Å². The van der Waals surface area contributed by atoms with Gasteiger partial charge in [0.05, 0.1) is 11.6 Å². The Labute approximate surface area is 105 Å². The van der Waals surface area contributed by atoms with E-state index in [-0.39, 0.29) is 30.5 Å². The lowest BCUT2D eigenvalue weighted by Crippen LogP contribution is -2.30. The highest BCUT2D eigenvalue weighted by molar-refractivity contribution is 5.87. The van der Waals surface area contributed by atoms with Gasteiger partial charge in [-0.05, 0) is 31.9 Å². The number of aromatic nitrogens is 1. The minimum absolute atomic E-state index is 0.0456. The van der Waals surface area contributed by atoms with Crippen LogP contribution < -0.4 is 0 Å². The molecule has 1 aliphatic rings. The molecule has 0 radical (unpaired) electrons. The third-order valence-corrected chi connectivity index (χ3v) is 3.68. The molecule has 1 aromatic rings. The normalized spacial score (nSPS) is 21.5. The maximum Gasteiger partial charge on any atom is 0.248 e. The molecule has 1 heterocycles. The number of alkyl halides is 2. The number of hydrogen-bond donors (Lipinski definition) is 0. The Morgan fingerprint density at radius 3 is 2.61 bits per heavy atom. The van der Waals surface area contributed by atoms with Gasteiger partial charge in [0.2, 0.25) is 5.92 Å². The summed E-state index contributed by atoms with van der Waals surface area (Å²) in [5, 5.41) is 0. The van der Waals surface area contributed by atoms with Gasteiger partial charge in [0.15, 0.2) is 0 Å². The van der Waals surface area contributed by atoms with Gasteiger partial charge in [-0.15, -0.1) is 0 Å². The van der Waals surface area contributed by atoms with Gasteiger partial charge >= 0.3 is 0 Å². The molecule has 2 nitrogen and oxygen atoms in total. The first-order chi connectivity index (χ1) is 8.49. The SMILES string of the molecule is CC(C(=O)C1CCC(F)(F)CC1)c1ccccn1. The molecule has 1 unspecified atom stereocenters. The average molecular weight is 253 g/mol. The molecule has 0 aliphatic heterocycles. The van der Waals surface area contributed by atoms with E-state index in [1.165, 1.54) is 0 Å². The first-order valence-corrected chi connectivity index (χ1v) is 6.32. The second kappa shape index (κ2) is 5.12. The summed E-state index contributed by atoms with van der Waals surface area (Å²) >= 11 is 0. The van der Waals surface area contributed by atoms with Crippen molar-refractivity contribution in [2.45, 2.75) is 44.4 Å². The summed E-state index contributed by atoms with van der Waals surface area (Å²) in [7, 11) is 0. The van der Waals surface area contributed by atoms with Gasteiger partial charge in [-0.1, -0.05) is 6.07 Å². The third-order valence-electron chi connectivity index (χ3n) is 3.68. The molecule has 2 rings (SSSR count). The molecule has 0 saturated heterocycles. The molecule has 0 aromatic carbocycles. The minimum atomic E-state index is -2.58. The van der Waals surface area contributed by atoms with Gasteiger partial charge in [0.1, 0.15) is 5.78 Å². The van der Waals surface area contributed by atoms with E-state index in [1.807, 2.05) is 6.07 Å². The van der Waals surface area contributed by atoms with Crippen LogP contribution in [-0.4, -0.2) is 16.7 Å². The number of halogens is 2. The predicted octanol–water partition coefficient (Wildman–Crippen LogP) is 3.58. The van der Waals surface area contributed by atoms with E-state index in [1.54, 1.807) is 25.3 Å². The summed E-state index contributed by atoms with van der Waals surface area (Å²) in [6.45, 7) is 1.80. The fourth-order valence-corrected chi connectivity index (χ4v) is 2.46. The van der Waals surface area contributed by atoms with Gasteiger partial charge in [0, 0.05) is 25.0 Å². The van der Waals surface area contributed by atoms with E-state index in [0.717, 1.165) is 5.69 Å². The molecule has 98 valence electrons. The summed E-state index contributed by atoms with van der Waals surface area (Å²) in [5.41, 5.74) is 0.722. The molecule has 0 spiro atoms. The van der Waals surface area contributed by atoms with E-state index in [0.29, 0.717) is 12.8 Å². The van der Waals surface area contributed by atoms with Crippen LogP contribution in [0.5, 0.6) is 0 Å². The fraction of sp³-hybridized carbons (Fsp3) is 0.571. The monoisotopic (exact) mass is 253 g/mol. The summed E-state index contributed by atoms with van der Waals surface area (Å²) in [6.07, 6.45) is 1.90. The summed E-state index contributed by atoms with van der Waals surface area (Å²) in [4.78, 5) is 16.4. The van der Waals surface area contributed by atoms with Crippen LogP contribution in [0.25, 0.3) is 0 Å². The van der Waals surface area contributed by atoms with Gasteiger partial charge in [-0.2, -0.15) is 0 Å². The molecule has 0 amide bonds. The predicted molar refractivity (Wildman–Crippen MR) is 64.6 cm³/mol. The van der Waals surface area contributed by atoms with Crippen LogP contribution in [0.1, 0.15) is 44.2 Å². The Bertz CT molecular complexity index is 409. The quantitative estimate of drug-likeness (QED) is 0.824. The second-order valence-electron chi connectivity index (χ2n) is 5.01. The van der Waals surface area contributed by atoms with Crippen LogP contribution in [0.4, 0.5) is 8.78 Å². The molecule has 1 saturated carbocycles. The average Bonchev–Trinajstić information content (AvgIpc) is 2.38. The van der Waals surface area contributed by atoms with Gasteiger partial charge in [-0.3, -0.25) is 9.78 Å². The number of hydrogen-bond acceptors (Lipinski definition) is 2. The highest BCUT2D eigenvalue weighted by Crippen LogP contribution is 2.38. The molecule has 18 heavy (non-hydrogen) atoms. The Morgan fingerprint density at radius 1 is 1.39 bits per heavy atom. The summed E-state index contributed by atoms with van der Waals surface area (Å²) in [5.74, 6) is -3.07. The van der Waals surface area contributed by atoms with E-state index >= 15 is 0 Å². The van der Waals surface area contributed by atoms with Crippen molar-refractivity contribution in [2.24, 2.45) is 5.92 Å². The molecule has 0 N–H and O–H groups in total. The molecule has 1 aromatic heterocycles. The zero-order valence-corrected chi connectivity index (χ0v) is 10.4. The van der Waals surface area contributed by atoms with Crippen LogP contribution in [-0.2, 0) is 4.79 Å². The third kappa shape index (κ3) is 2.92. The van der Waals surface area contributed by atoms with E-state index in [4.69, 9.17) is 0 Å². The molecule has 1 aliphatic carbocycles. The first-order valence-electron chi connectivity index (χ1n) is 6.32. The first kappa shape index (κ1) is 13.1. The van der Waals surface area contributed by atoms with Crippen molar-refractivity contribution in [3.8, 4) is 0 Å². The number of rotatable bonds is 3. The zero-order valence-electron chi connectivity index (χ0n) is 10.4. The Morgan fingerprint density at radius 2 is 2.06 bits per heavy atom. The summed E-state index contributed by atoms with van der Waals surface area (Å²) < 4.78 is 26.1. The van der Waals surface area contributed by atoms with Crippen molar-refractivity contribution in [3.63, 3.8) is 0 Å². The van der Waals surface area contributed by atoms with Crippen molar-refractivity contribution in [2.75, 3.05) is 0 Å². The van der Waals surface area contributed by atoms with Crippen molar-refractivity contribution < 1.29 is 13.6 Å². The highest BCUT2D eigenvalue weighted by atomic mass is 19.3. The van der Waals surface area contributed by atoms with Crippen LogP contribution >= 0.6 is 0 Å². The Kier molecular flexibility index (Phi) is 3.73. The van der Waals surface area contributed by atoms with Crippen molar-refractivity contribution >= 4 is 5.78 Å². The Hall–Kier alpha value is -1.32. The largest absolute Gasteiger partial charge is 0.299 e. The maximum atomic E-state index is 13.0. The van der Waals surface area contributed by atoms with Gasteiger partial charge in [-0.25, -0.2) is 8.78 Å². The minimum Gasteiger partial charge on any atom is -0.299 e. The van der Waals surface area contributed by atoms with E-state index < -0.39 is 5.92 Å².